The Kier molecular flexibility index (Phi) is 15.4. The zero-order chi connectivity index (χ0) is 104. The maximum absolute atomic E-state index is 11.0. The largest absolute Gasteiger partial charge is 0.310 e. The van der Waals surface area contributed by atoms with Crippen LogP contribution in [-0.4, -0.2) is 20.4 Å². The smallest absolute Gasteiger partial charge is 0.249 e. The van der Waals surface area contributed by atoms with Crippen LogP contribution >= 0.6 is 11.8 Å². The molecule has 28 rings (SSSR count). The van der Waals surface area contributed by atoms with E-state index in [0.717, 1.165) is 203 Å². The van der Waals surface area contributed by atoms with E-state index in [4.69, 9.17) is 2.74 Å². The summed E-state index contributed by atoms with van der Waals surface area (Å²) in [6.07, 6.45) is 0. The average Bonchev–Trinajstić information content (AvgIpc) is 1.53. The van der Waals surface area contributed by atoms with E-state index in [1.54, 1.807) is 16.3 Å². The number of fused-ring (bicyclic) bond motifs is 16. The Balaban J connectivity index is 0.776. The van der Waals surface area contributed by atoms with Crippen molar-refractivity contribution in [3.05, 3.63) is 538 Å². The van der Waals surface area contributed by atoms with Crippen LogP contribution in [0.2, 0.25) is 0 Å². The molecule has 0 saturated heterocycles. The van der Waals surface area contributed by atoms with Crippen molar-refractivity contribution in [3.8, 4) is 128 Å². The summed E-state index contributed by atoms with van der Waals surface area (Å²) in [5.41, 5.74) is 29.8. The van der Waals surface area contributed by atoms with E-state index < -0.39 is 119 Å². The maximum atomic E-state index is 11.0. The van der Waals surface area contributed by atoms with Gasteiger partial charge in [0.1, 0.15) is 0 Å². The number of rotatable bonds is 15. The molecular formula is C133H85BN4S. The molecule has 22 aromatic carbocycles. The molecular weight excluding hydrogens is 1700 g/mol. The fourth-order valence-electron chi connectivity index (χ4n) is 22.5. The zero-order valence-electron chi connectivity index (χ0n) is 89.7. The average molecular weight is 1800 g/mol. The van der Waals surface area contributed by atoms with Crippen molar-refractivity contribution < 1.29 is 20.6 Å². The Labute approximate surface area is 832 Å². The van der Waals surface area contributed by atoms with E-state index in [0.29, 0.717) is 5.69 Å². The van der Waals surface area contributed by atoms with Crippen LogP contribution < -0.4 is 21.3 Å². The van der Waals surface area contributed by atoms with E-state index in [2.05, 4.69) is 373 Å². The normalized spacial score (nSPS) is 14.3. The van der Waals surface area contributed by atoms with Crippen LogP contribution in [-0.2, 0) is 5.41 Å². The highest BCUT2D eigenvalue weighted by atomic mass is 32.2. The standard InChI is InChI=1S/C133H85BN4S/c1-7-32-86(33-8-1)90-58-62-92(63-59-90)106-50-31-51-107(93-64-60-91(61-65-93)87-34-9-2-10-35-87)131(106)138-127-85-105(137-125-57-30-24-49-113(125)116-84-104(72-75-126(116)137)136-123-55-28-22-47-111(123)112-48-23-29-56-124(112)136)71-74-119(127)134-120-81-99(98-77-96(88-36-11-3-12-37-88)76-97(78-98)89-38-13-4-14-39-89)80-114(94-66-69-103(70-67-94)135-121-53-26-20-45-109(121)110-46-21-27-54-122(110)135)132(120)139-129-83-100(82-128(138)130(129)134)95-68-73-118-115(79-95)108-44-19-25-52-117(108)133(118,101-40-15-5-16-41-101)102-42-17-6-18-43-102/h1-85H/i22D,23D,24D,28D,29D,30D,47D,48D,49D,55D,56D,57D,72D,75D,84D. The molecule has 6 heteroatoms. The highest BCUT2D eigenvalue weighted by molar-refractivity contribution is 8.00. The Morgan fingerprint density at radius 3 is 1.20 bits per heavy atom. The van der Waals surface area contributed by atoms with Crippen LogP contribution in [0.25, 0.3) is 194 Å². The minimum atomic E-state index is -0.744. The highest BCUT2D eigenvalue weighted by Gasteiger charge is 2.48. The van der Waals surface area contributed by atoms with Gasteiger partial charge in [0.15, 0.2) is 0 Å². The third kappa shape index (κ3) is 12.8. The zero-order valence-corrected chi connectivity index (χ0v) is 75.5. The predicted molar refractivity (Wildman–Crippen MR) is 586 cm³/mol. The topological polar surface area (TPSA) is 18.0 Å². The molecule has 0 spiro atoms. The lowest BCUT2D eigenvalue weighted by atomic mass is 9.34. The van der Waals surface area contributed by atoms with Crippen LogP contribution in [0.4, 0.5) is 17.1 Å². The van der Waals surface area contributed by atoms with Crippen LogP contribution in [0, 0.1) is 0 Å². The van der Waals surface area contributed by atoms with E-state index in [-0.39, 0.29) is 38.3 Å². The first kappa shape index (κ1) is 66.0. The van der Waals surface area contributed by atoms with Crippen molar-refractivity contribution in [1.82, 2.24) is 13.7 Å². The number of benzene rings is 22. The van der Waals surface area contributed by atoms with E-state index in [1.165, 1.54) is 0 Å². The first-order valence-electron chi connectivity index (χ1n) is 54.4. The van der Waals surface area contributed by atoms with Crippen molar-refractivity contribution in [2.75, 3.05) is 4.90 Å². The molecule has 3 aliphatic rings. The summed E-state index contributed by atoms with van der Waals surface area (Å²) in [7, 11) is 0. The summed E-state index contributed by atoms with van der Waals surface area (Å²) in [4.78, 5) is 4.36. The van der Waals surface area contributed by atoms with Gasteiger partial charge >= 0.3 is 0 Å². The lowest BCUT2D eigenvalue weighted by Crippen LogP contribution is -2.60. The van der Waals surface area contributed by atoms with Crippen LogP contribution in [0.15, 0.2) is 525 Å². The van der Waals surface area contributed by atoms with Gasteiger partial charge in [-0.05, 0) is 248 Å². The summed E-state index contributed by atoms with van der Waals surface area (Å²) in [6.45, 7) is -0.689. The third-order valence-corrected chi connectivity index (χ3v) is 29.9. The van der Waals surface area contributed by atoms with Gasteiger partial charge in [-0.2, -0.15) is 0 Å². The molecule has 0 radical (unpaired) electrons. The molecule has 0 fully saturated rings. The van der Waals surface area contributed by atoms with Crippen LogP contribution in [0.5, 0.6) is 0 Å². The van der Waals surface area contributed by atoms with Gasteiger partial charge < -0.3 is 18.6 Å². The Hall–Kier alpha value is -17.5. The Morgan fingerprint density at radius 2 is 0.633 bits per heavy atom. The minimum absolute atomic E-state index is 0.164. The van der Waals surface area contributed by atoms with Crippen LogP contribution in [0.1, 0.15) is 42.8 Å². The number of anilines is 3. The monoisotopic (exact) mass is 1800 g/mol. The molecule has 1 aliphatic carbocycles. The molecule has 0 saturated carbocycles. The number of hydrogen-bond donors (Lipinski definition) is 0. The molecule has 0 N–H and O–H groups in total. The lowest BCUT2D eigenvalue weighted by Gasteiger charge is -2.42. The van der Waals surface area contributed by atoms with Crippen molar-refractivity contribution >= 4 is 117 Å². The van der Waals surface area contributed by atoms with Crippen molar-refractivity contribution in [2.45, 2.75) is 15.2 Å². The van der Waals surface area contributed by atoms with E-state index in [9.17, 15) is 17.8 Å². The highest BCUT2D eigenvalue weighted by Crippen LogP contribution is 2.59. The van der Waals surface area contributed by atoms with Gasteiger partial charge in [-0.15, -0.1) is 0 Å². The molecule has 5 heterocycles. The molecule has 4 nitrogen and oxygen atoms in total. The quantitative estimate of drug-likeness (QED) is 0.0952. The summed E-state index contributed by atoms with van der Waals surface area (Å²) in [6, 6.07) is 142. The molecule has 0 amide bonds. The maximum Gasteiger partial charge on any atom is 0.249 e. The molecule has 0 bridgehead atoms. The summed E-state index contributed by atoms with van der Waals surface area (Å²) in [5, 5.41) is 1.17. The second-order valence-electron chi connectivity index (χ2n) is 36.1. The van der Waals surface area contributed by atoms with Crippen LogP contribution in [0.3, 0.4) is 0 Å². The van der Waals surface area contributed by atoms with E-state index in [1.807, 2.05) is 60.7 Å². The summed E-state index contributed by atoms with van der Waals surface area (Å²) >= 11 is 1.75. The molecule has 0 unspecified atom stereocenters. The second-order valence-corrected chi connectivity index (χ2v) is 37.1. The van der Waals surface area contributed by atoms with Crippen molar-refractivity contribution in [2.24, 2.45) is 0 Å². The van der Waals surface area contributed by atoms with Gasteiger partial charge in [-0.1, -0.05) is 417 Å². The Morgan fingerprint density at radius 1 is 0.230 bits per heavy atom. The molecule has 3 aromatic heterocycles. The van der Waals surface area contributed by atoms with Gasteiger partial charge in [0.05, 0.1) is 64.8 Å². The molecule has 2 aliphatic heterocycles. The number of para-hydroxylation sites is 6. The fourth-order valence-corrected chi connectivity index (χ4v) is 23.8. The first-order valence-corrected chi connectivity index (χ1v) is 47.7. The first-order chi connectivity index (χ1) is 75.2. The number of aromatic nitrogens is 3. The Bertz CT molecular complexity index is 9910. The molecule has 0 atom stereocenters. The third-order valence-electron chi connectivity index (χ3n) is 28.7. The molecule has 139 heavy (non-hydrogen) atoms. The van der Waals surface area contributed by atoms with Gasteiger partial charge in [0, 0.05) is 81.7 Å². The summed E-state index contributed by atoms with van der Waals surface area (Å²) < 4.78 is 153. The van der Waals surface area contributed by atoms with E-state index >= 15 is 0 Å². The van der Waals surface area contributed by atoms with Gasteiger partial charge in [-0.25, -0.2) is 0 Å². The van der Waals surface area contributed by atoms with Crippen molar-refractivity contribution in [1.29, 1.82) is 0 Å². The van der Waals surface area contributed by atoms with Gasteiger partial charge in [-0.3, -0.25) is 0 Å². The molecule has 646 valence electrons. The minimum Gasteiger partial charge on any atom is -0.310 e. The number of nitrogens with zero attached hydrogens (tertiary/aromatic N) is 4. The van der Waals surface area contributed by atoms with Crippen molar-refractivity contribution in [3.63, 3.8) is 0 Å². The SMILES string of the molecule is [2H]c1c([2H])c([2H])c2c(c1[2H])c1c([2H])c(-n3c4c([2H])c([2H])c([2H])c([2H])c4c4c([2H])c([2H])c([2H])c([2H])c43)c([2H])c([2H])c1n2-c1ccc2c(c1)N(c1c(-c3ccc(-c4ccccc4)cc3)cccc1-c1ccc(-c3ccccc3)cc1)c1cc(-c3ccc4c(c3)-c3ccccc3C4(c3ccccc3)c3ccccc3)cc3c1B2c1cc(-c2cc(-c4ccccc4)cc(-c4ccccc4)c2)cc(-c2ccc(-n4c5ccccc5c5ccccc54)cc2)c1S3. The lowest BCUT2D eigenvalue weighted by molar-refractivity contribution is 0.768. The molecule has 25 aromatic rings. The second kappa shape index (κ2) is 32.4. The predicted octanol–water partition coefficient (Wildman–Crippen LogP) is 33.1. The fraction of sp³-hybridized carbons (Fsp3) is 0.00752. The van der Waals surface area contributed by atoms with Gasteiger partial charge in [0.25, 0.3) is 0 Å². The van der Waals surface area contributed by atoms with Gasteiger partial charge in [0.2, 0.25) is 6.71 Å². The summed E-state index contributed by atoms with van der Waals surface area (Å²) in [5.74, 6) is 0. The number of hydrogen-bond acceptors (Lipinski definition) is 2.